The predicted octanol–water partition coefficient (Wildman–Crippen LogP) is 3.77. The Labute approximate surface area is 176 Å². The molecule has 3 heterocycles. The third-order valence-corrected chi connectivity index (χ3v) is 8.03. The lowest BCUT2D eigenvalue weighted by molar-refractivity contribution is -0.113. The molecule has 7 nitrogen and oxygen atoms in total. The molecule has 0 atom stereocenters. The summed E-state index contributed by atoms with van der Waals surface area (Å²) in [5.74, 6) is -0.410. The van der Waals surface area contributed by atoms with E-state index in [2.05, 4.69) is 10.3 Å². The van der Waals surface area contributed by atoms with Crippen LogP contribution in [-0.4, -0.2) is 37.8 Å². The van der Waals surface area contributed by atoms with Crippen molar-refractivity contribution in [3.63, 3.8) is 0 Å². The Balaban J connectivity index is 1.71. The molecule has 0 aliphatic carbocycles. The number of aromatic nitrogens is 1. The number of amides is 1. The molecule has 0 bridgehead atoms. The van der Waals surface area contributed by atoms with E-state index in [0.717, 1.165) is 14.9 Å². The zero-order chi connectivity index (χ0) is 20.8. The Hall–Kier alpha value is -2.69. The number of hydrogen-bond donors (Lipinski definition) is 1. The number of aryl methyl sites for hydroxylation is 1. The van der Waals surface area contributed by atoms with Crippen molar-refractivity contribution >= 4 is 49.5 Å². The van der Waals surface area contributed by atoms with E-state index in [1.807, 2.05) is 24.4 Å². The molecule has 150 valence electrons. The Morgan fingerprint density at radius 3 is 2.66 bits per heavy atom. The fourth-order valence-electron chi connectivity index (χ4n) is 3.04. The number of methoxy groups -OCH3 is 1. The van der Waals surface area contributed by atoms with Crippen molar-refractivity contribution < 1.29 is 17.9 Å². The molecule has 1 N–H and O–H groups in total. The number of rotatable bonds is 4. The Bertz CT molecular complexity index is 1240. The van der Waals surface area contributed by atoms with Crippen molar-refractivity contribution in [2.75, 3.05) is 19.5 Å². The van der Waals surface area contributed by atoms with Crippen molar-refractivity contribution in [1.29, 1.82) is 0 Å². The van der Waals surface area contributed by atoms with Gasteiger partial charge in [-0.1, -0.05) is 12.1 Å². The van der Waals surface area contributed by atoms with Gasteiger partial charge in [0.15, 0.2) is 16.6 Å². The van der Waals surface area contributed by atoms with Crippen molar-refractivity contribution in [1.82, 2.24) is 9.29 Å². The molecule has 1 amide bonds. The van der Waals surface area contributed by atoms with Crippen LogP contribution in [0.5, 0.6) is 0 Å². The minimum atomic E-state index is -3.87. The molecular formula is C19H17N3O4S3. The smallest absolute Gasteiger partial charge is 0.278 e. The van der Waals surface area contributed by atoms with Crippen molar-refractivity contribution in [2.45, 2.75) is 11.8 Å². The second-order valence-corrected chi connectivity index (χ2v) is 10.3. The Morgan fingerprint density at radius 1 is 1.21 bits per heavy atom. The number of nitrogens with one attached hydrogen (secondary N) is 1. The lowest BCUT2D eigenvalue weighted by Gasteiger charge is -2.29. The zero-order valence-corrected chi connectivity index (χ0v) is 18.2. The number of fused-ring (bicyclic) bond motifs is 1. The lowest BCUT2D eigenvalue weighted by Crippen LogP contribution is -2.37. The van der Waals surface area contributed by atoms with Crippen molar-refractivity contribution in [2.24, 2.45) is 0 Å². The zero-order valence-electron chi connectivity index (χ0n) is 15.8. The van der Waals surface area contributed by atoms with E-state index < -0.39 is 15.9 Å². The van der Waals surface area contributed by atoms with E-state index in [9.17, 15) is 13.2 Å². The number of ether oxygens (including phenoxy) is 1. The molecule has 1 aromatic carbocycles. The first kappa shape index (κ1) is 19.6. The number of likely N-dealkylation sites (N-methyl/N-ethyl adjacent to an activating group) is 1. The SMILES string of the molecule is COC1=C(C(=O)Nc2nc(-c3ccc(C)s3)cs2)N(C)S(=O)(=O)c2ccccc21. The van der Waals surface area contributed by atoms with Gasteiger partial charge in [0.05, 0.1) is 22.6 Å². The summed E-state index contributed by atoms with van der Waals surface area (Å²) in [7, 11) is -1.12. The van der Waals surface area contributed by atoms with E-state index in [1.165, 1.54) is 36.4 Å². The molecule has 10 heteroatoms. The van der Waals surface area contributed by atoms with E-state index >= 15 is 0 Å². The van der Waals surface area contributed by atoms with Crippen molar-refractivity contribution in [3.8, 4) is 10.6 Å². The summed E-state index contributed by atoms with van der Waals surface area (Å²) in [5.41, 5.74) is 1.03. The molecule has 1 aliphatic heterocycles. The monoisotopic (exact) mass is 447 g/mol. The van der Waals surface area contributed by atoms with Crippen LogP contribution in [0.1, 0.15) is 10.4 Å². The van der Waals surface area contributed by atoms with Crippen LogP contribution in [-0.2, 0) is 19.6 Å². The van der Waals surface area contributed by atoms with Gasteiger partial charge in [0.1, 0.15) is 0 Å². The number of hydrogen-bond acceptors (Lipinski definition) is 7. The molecule has 3 aromatic rings. The first-order valence-electron chi connectivity index (χ1n) is 8.53. The lowest BCUT2D eigenvalue weighted by atomic mass is 10.1. The van der Waals surface area contributed by atoms with Gasteiger partial charge in [0.2, 0.25) is 0 Å². The maximum absolute atomic E-state index is 13.0. The normalized spacial score (nSPS) is 15.2. The summed E-state index contributed by atoms with van der Waals surface area (Å²) in [6.45, 7) is 2.01. The van der Waals surface area contributed by atoms with Gasteiger partial charge < -0.3 is 4.74 Å². The van der Waals surface area contributed by atoms with E-state index in [0.29, 0.717) is 10.7 Å². The van der Waals surface area contributed by atoms with Gasteiger partial charge in [-0.25, -0.2) is 13.4 Å². The summed E-state index contributed by atoms with van der Waals surface area (Å²) in [5, 5.41) is 4.93. The summed E-state index contributed by atoms with van der Waals surface area (Å²) in [4.78, 5) is 19.7. The molecule has 0 saturated carbocycles. The van der Waals surface area contributed by atoms with E-state index in [1.54, 1.807) is 29.5 Å². The number of anilines is 1. The van der Waals surface area contributed by atoms with Gasteiger partial charge in [-0.2, -0.15) is 0 Å². The van der Waals surface area contributed by atoms with Gasteiger partial charge in [-0.3, -0.25) is 14.4 Å². The van der Waals surface area contributed by atoms with E-state index in [4.69, 9.17) is 4.74 Å². The quantitative estimate of drug-likeness (QED) is 0.658. The summed E-state index contributed by atoms with van der Waals surface area (Å²) in [6.07, 6.45) is 0. The average Bonchev–Trinajstić information content (AvgIpc) is 3.33. The molecule has 4 rings (SSSR count). The fraction of sp³-hybridized carbons (Fsp3) is 0.158. The highest BCUT2D eigenvalue weighted by atomic mass is 32.2. The number of benzene rings is 1. The van der Waals surface area contributed by atoms with Gasteiger partial charge in [-0.15, -0.1) is 22.7 Å². The molecule has 0 fully saturated rings. The first-order chi connectivity index (χ1) is 13.8. The molecule has 0 unspecified atom stereocenters. The van der Waals surface area contributed by atoms with Crippen LogP contribution >= 0.6 is 22.7 Å². The largest absolute Gasteiger partial charge is 0.494 e. The van der Waals surface area contributed by atoms with E-state index in [-0.39, 0.29) is 16.4 Å². The van der Waals surface area contributed by atoms with Crippen LogP contribution in [0.15, 0.2) is 52.4 Å². The summed E-state index contributed by atoms with van der Waals surface area (Å²) in [6, 6.07) is 10.4. The Morgan fingerprint density at radius 2 is 1.97 bits per heavy atom. The number of thiophene rings is 1. The van der Waals surface area contributed by atoms with Crippen LogP contribution in [0.25, 0.3) is 16.3 Å². The first-order valence-corrected chi connectivity index (χ1v) is 11.7. The topological polar surface area (TPSA) is 88.6 Å². The number of thiazole rings is 1. The minimum absolute atomic E-state index is 0.0880. The number of nitrogens with zero attached hydrogens (tertiary/aromatic N) is 2. The molecule has 2 aromatic heterocycles. The molecule has 29 heavy (non-hydrogen) atoms. The fourth-order valence-corrected chi connectivity index (χ4v) is 6.04. The average molecular weight is 448 g/mol. The summed E-state index contributed by atoms with van der Waals surface area (Å²) < 4.78 is 32.1. The van der Waals surface area contributed by atoms with Crippen LogP contribution in [0.3, 0.4) is 0 Å². The summed E-state index contributed by atoms with van der Waals surface area (Å²) >= 11 is 2.89. The predicted molar refractivity (Wildman–Crippen MR) is 114 cm³/mol. The highest BCUT2D eigenvalue weighted by molar-refractivity contribution is 7.89. The van der Waals surface area contributed by atoms with Crippen molar-refractivity contribution in [3.05, 3.63) is 57.9 Å². The second-order valence-electron chi connectivity index (χ2n) is 6.25. The molecule has 0 spiro atoms. The third-order valence-electron chi connectivity index (χ3n) is 4.44. The van der Waals surface area contributed by atoms with Gasteiger partial charge >= 0.3 is 0 Å². The van der Waals surface area contributed by atoms with Crippen LogP contribution in [0.2, 0.25) is 0 Å². The van der Waals surface area contributed by atoms with Gasteiger partial charge in [0, 0.05) is 22.9 Å². The van der Waals surface area contributed by atoms with Gasteiger partial charge in [-0.05, 0) is 31.2 Å². The second kappa shape index (κ2) is 7.29. The Kier molecular flexibility index (Phi) is 4.93. The van der Waals surface area contributed by atoms with Crippen LogP contribution < -0.4 is 5.32 Å². The maximum Gasteiger partial charge on any atom is 0.278 e. The molecule has 0 radical (unpaired) electrons. The standard InChI is InChI=1S/C19H17N3O4S3/c1-11-8-9-14(28-11)13-10-27-19(20-13)21-18(23)16-17(26-3)12-6-4-5-7-15(12)29(24,25)22(16)2/h4-10H,1-3H3,(H,20,21,23). The number of carbonyl (C=O) groups excluding carboxylic acids is 1. The maximum atomic E-state index is 13.0. The highest BCUT2D eigenvalue weighted by Crippen LogP contribution is 2.37. The minimum Gasteiger partial charge on any atom is -0.494 e. The molecular weight excluding hydrogens is 430 g/mol. The number of carbonyl (C=O) groups is 1. The van der Waals surface area contributed by atoms with Crippen LogP contribution in [0.4, 0.5) is 5.13 Å². The third kappa shape index (κ3) is 3.33. The highest BCUT2D eigenvalue weighted by Gasteiger charge is 2.38. The van der Waals surface area contributed by atoms with Gasteiger partial charge in [0.25, 0.3) is 15.9 Å². The molecule has 0 saturated heterocycles. The molecule has 1 aliphatic rings. The number of sulfonamides is 1. The van der Waals surface area contributed by atoms with Crippen LogP contribution in [0, 0.1) is 6.92 Å².